The van der Waals surface area contributed by atoms with Gasteiger partial charge in [-0.05, 0) is 20.8 Å². The van der Waals surface area contributed by atoms with Crippen molar-refractivity contribution in [1.82, 2.24) is 10.6 Å². The van der Waals surface area contributed by atoms with Gasteiger partial charge < -0.3 is 15.7 Å². The van der Waals surface area contributed by atoms with Gasteiger partial charge in [0.15, 0.2) is 0 Å². The number of rotatable bonds is 1. The highest BCUT2D eigenvalue weighted by molar-refractivity contribution is 4.90. The fourth-order valence-corrected chi connectivity index (χ4v) is 1.37. The highest BCUT2D eigenvalue weighted by Crippen LogP contribution is 2.06. The lowest BCUT2D eigenvalue weighted by molar-refractivity contribution is 0.148. The van der Waals surface area contributed by atoms with E-state index >= 15 is 0 Å². The van der Waals surface area contributed by atoms with Gasteiger partial charge in [0.1, 0.15) is 0 Å². The molecule has 0 unspecified atom stereocenters. The summed E-state index contributed by atoms with van der Waals surface area (Å²) in [5.41, 5.74) is 0.0949. The predicted octanol–water partition coefficient (Wildman–Crippen LogP) is -0.293. The van der Waals surface area contributed by atoms with Gasteiger partial charge in [0.25, 0.3) is 0 Å². The first-order valence-corrected chi connectivity index (χ1v) is 4.15. The van der Waals surface area contributed by atoms with Crippen LogP contribution in [0.5, 0.6) is 0 Å². The molecule has 1 heterocycles. The third-order valence-corrected chi connectivity index (χ3v) is 1.80. The molecule has 1 fully saturated rings. The third-order valence-electron chi connectivity index (χ3n) is 1.80. The monoisotopic (exact) mass is 158 g/mol. The molecule has 0 radical (unpaired) electrons. The predicted molar refractivity (Wildman–Crippen MR) is 45.6 cm³/mol. The molecule has 1 aliphatic heterocycles. The zero-order valence-electron chi connectivity index (χ0n) is 7.52. The molecule has 0 aromatic rings. The van der Waals surface area contributed by atoms with E-state index in [9.17, 15) is 5.11 Å². The van der Waals surface area contributed by atoms with Gasteiger partial charge in [0.2, 0.25) is 0 Å². The molecular formula is C8H18N2O. The molecule has 1 aliphatic rings. The van der Waals surface area contributed by atoms with E-state index in [1.54, 1.807) is 0 Å². The Morgan fingerprint density at radius 3 is 2.36 bits per heavy atom. The molecule has 3 nitrogen and oxygen atoms in total. The van der Waals surface area contributed by atoms with Crippen LogP contribution in [0.2, 0.25) is 0 Å². The second-order valence-electron chi connectivity index (χ2n) is 4.23. The van der Waals surface area contributed by atoms with Gasteiger partial charge in [-0.3, -0.25) is 0 Å². The van der Waals surface area contributed by atoms with Crippen molar-refractivity contribution in [1.29, 1.82) is 0 Å². The van der Waals surface area contributed by atoms with E-state index < -0.39 is 0 Å². The number of hydrogen-bond donors (Lipinski definition) is 3. The van der Waals surface area contributed by atoms with Crippen LogP contribution in [0.1, 0.15) is 20.8 Å². The molecule has 0 saturated carbocycles. The highest BCUT2D eigenvalue weighted by Gasteiger charge is 2.27. The molecule has 0 bridgehead atoms. The second-order valence-corrected chi connectivity index (χ2v) is 4.23. The zero-order valence-corrected chi connectivity index (χ0v) is 7.52. The Kier molecular flexibility index (Phi) is 2.52. The van der Waals surface area contributed by atoms with Crippen molar-refractivity contribution in [2.45, 2.75) is 38.5 Å². The molecule has 11 heavy (non-hydrogen) atoms. The van der Waals surface area contributed by atoms with Gasteiger partial charge in [-0.2, -0.15) is 0 Å². The Bertz CT molecular complexity index is 131. The summed E-state index contributed by atoms with van der Waals surface area (Å²) in [6.07, 6.45) is -0.228. The van der Waals surface area contributed by atoms with E-state index in [1.165, 1.54) is 0 Å². The Labute approximate surface area is 68.2 Å². The van der Waals surface area contributed by atoms with Crippen molar-refractivity contribution < 1.29 is 5.11 Å². The number of β-amino-alcohol motifs (C(OH)–C–C–N with tert-alkyl or cyclic N) is 1. The molecule has 0 amide bonds. The van der Waals surface area contributed by atoms with Crippen LogP contribution in [-0.2, 0) is 0 Å². The minimum absolute atomic E-state index is 0.0949. The normalized spacial score (nSPS) is 32.7. The van der Waals surface area contributed by atoms with Crippen LogP contribution >= 0.6 is 0 Å². The van der Waals surface area contributed by atoms with Crippen LogP contribution in [0.3, 0.4) is 0 Å². The molecule has 1 saturated heterocycles. The van der Waals surface area contributed by atoms with Gasteiger partial charge in [-0.15, -0.1) is 0 Å². The topological polar surface area (TPSA) is 44.3 Å². The Morgan fingerprint density at radius 1 is 1.36 bits per heavy atom. The summed E-state index contributed by atoms with van der Waals surface area (Å²) in [6, 6.07) is 0.218. The summed E-state index contributed by atoms with van der Waals surface area (Å²) in [5.74, 6) is 0. The van der Waals surface area contributed by atoms with Crippen LogP contribution in [0.4, 0.5) is 0 Å². The van der Waals surface area contributed by atoms with Crippen molar-refractivity contribution in [2.24, 2.45) is 0 Å². The van der Waals surface area contributed by atoms with E-state index in [0.29, 0.717) is 6.54 Å². The quantitative estimate of drug-likeness (QED) is 0.491. The van der Waals surface area contributed by atoms with Gasteiger partial charge in [0.05, 0.1) is 6.10 Å². The fraction of sp³-hybridized carbons (Fsp3) is 1.00. The van der Waals surface area contributed by atoms with Crippen molar-refractivity contribution in [3.05, 3.63) is 0 Å². The van der Waals surface area contributed by atoms with Gasteiger partial charge in [-0.25, -0.2) is 0 Å². The molecule has 3 N–H and O–H groups in total. The first-order valence-electron chi connectivity index (χ1n) is 4.15. The van der Waals surface area contributed by atoms with Crippen LogP contribution < -0.4 is 10.6 Å². The first-order chi connectivity index (χ1) is 4.99. The summed E-state index contributed by atoms with van der Waals surface area (Å²) >= 11 is 0. The van der Waals surface area contributed by atoms with Crippen molar-refractivity contribution in [3.63, 3.8) is 0 Å². The average molecular weight is 158 g/mol. The van der Waals surface area contributed by atoms with E-state index in [0.717, 1.165) is 6.54 Å². The summed E-state index contributed by atoms with van der Waals surface area (Å²) in [4.78, 5) is 0. The first kappa shape index (κ1) is 8.97. The lowest BCUT2D eigenvalue weighted by Crippen LogP contribution is -2.49. The lowest BCUT2D eigenvalue weighted by atomic mass is 10.1. The maximum Gasteiger partial charge on any atom is 0.0829 e. The molecule has 66 valence electrons. The Morgan fingerprint density at radius 2 is 2.00 bits per heavy atom. The summed E-state index contributed by atoms with van der Waals surface area (Å²) in [6.45, 7) is 7.92. The second kappa shape index (κ2) is 3.09. The van der Waals surface area contributed by atoms with Gasteiger partial charge >= 0.3 is 0 Å². The standard InChI is InChI=1S/C8H18N2O/c1-8(2,3)10-6-4-9-5-7(6)11/h6-7,9-11H,4-5H2,1-3H3/t6-,7+/m0/s1. The SMILES string of the molecule is CC(C)(C)N[C@H]1CNC[C@H]1O. The highest BCUT2D eigenvalue weighted by atomic mass is 16.3. The maximum absolute atomic E-state index is 9.43. The minimum atomic E-state index is -0.228. The fourth-order valence-electron chi connectivity index (χ4n) is 1.37. The van der Waals surface area contributed by atoms with E-state index in [4.69, 9.17) is 0 Å². The number of hydrogen-bond acceptors (Lipinski definition) is 3. The Balaban J connectivity index is 2.37. The number of aliphatic hydroxyl groups excluding tert-OH is 1. The van der Waals surface area contributed by atoms with Crippen LogP contribution in [0.25, 0.3) is 0 Å². The van der Waals surface area contributed by atoms with Gasteiger partial charge in [-0.1, -0.05) is 0 Å². The molecular weight excluding hydrogens is 140 g/mol. The largest absolute Gasteiger partial charge is 0.390 e. The molecule has 0 aromatic carbocycles. The molecule has 0 aromatic heterocycles. The third kappa shape index (κ3) is 2.77. The van der Waals surface area contributed by atoms with Crippen LogP contribution in [-0.4, -0.2) is 35.9 Å². The van der Waals surface area contributed by atoms with Crippen molar-refractivity contribution in [2.75, 3.05) is 13.1 Å². The molecule has 0 spiro atoms. The number of nitrogens with one attached hydrogen (secondary N) is 2. The average Bonchev–Trinajstić information content (AvgIpc) is 2.12. The van der Waals surface area contributed by atoms with Crippen LogP contribution in [0, 0.1) is 0 Å². The zero-order chi connectivity index (χ0) is 8.48. The van der Waals surface area contributed by atoms with Crippen molar-refractivity contribution in [3.8, 4) is 0 Å². The van der Waals surface area contributed by atoms with Crippen LogP contribution in [0.15, 0.2) is 0 Å². The molecule has 0 aliphatic carbocycles. The smallest absolute Gasteiger partial charge is 0.0829 e. The van der Waals surface area contributed by atoms with E-state index in [-0.39, 0.29) is 17.7 Å². The van der Waals surface area contributed by atoms with E-state index in [1.807, 2.05) is 0 Å². The lowest BCUT2D eigenvalue weighted by Gasteiger charge is -2.27. The van der Waals surface area contributed by atoms with E-state index in [2.05, 4.69) is 31.4 Å². The number of aliphatic hydroxyl groups is 1. The minimum Gasteiger partial charge on any atom is -0.390 e. The Hall–Kier alpha value is -0.120. The summed E-state index contributed by atoms with van der Waals surface area (Å²) in [5, 5.41) is 15.9. The maximum atomic E-state index is 9.43. The van der Waals surface area contributed by atoms with Gasteiger partial charge in [0, 0.05) is 24.7 Å². The van der Waals surface area contributed by atoms with Crippen molar-refractivity contribution >= 4 is 0 Å². The summed E-state index contributed by atoms with van der Waals surface area (Å²) < 4.78 is 0. The molecule has 3 heteroatoms. The molecule has 2 atom stereocenters. The molecule has 1 rings (SSSR count). The summed E-state index contributed by atoms with van der Waals surface area (Å²) in [7, 11) is 0.